The Morgan fingerprint density at radius 2 is 2.26 bits per heavy atom. The first kappa shape index (κ1) is 13.2. The highest BCUT2D eigenvalue weighted by Gasteiger charge is 2.31. The fourth-order valence-corrected chi connectivity index (χ4v) is 2.63. The normalized spacial score (nSPS) is 18.5. The zero-order chi connectivity index (χ0) is 14.0. The predicted molar refractivity (Wildman–Crippen MR) is 74.8 cm³/mol. The van der Waals surface area contributed by atoms with Gasteiger partial charge in [-0.25, -0.2) is 0 Å². The molecule has 100 valence electrons. The van der Waals surface area contributed by atoms with Crippen LogP contribution in [-0.4, -0.2) is 19.0 Å². The molecule has 1 fully saturated rings. The van der Waals surface area contributed by atoms with Crippen LogP contribution < -0.4 is 10.6 Å². The Balaban J connectivity index is 2.28. The van der Waals surface area contributed by atoms with Gasteiger partial charge in [0, 0.05) is 24.4 Å². The molecule has 1 unspecified atom stereocenters. The highest BCUT2D eigenvalue weighted by Crippen LogP contribution is 2.33. The zero-order valence-electron chi connectivity index (χ0n) is 11.1. The first-order valence-electron chi connectivity index (χ1n) is 6.21. The molecule has 1 heterocycles. The monoisotopic (exact) mass is 259 g/mol. The van der Waals surface area contributed by atoms with E-state index >= 15 is 0 Å². The average molecular weight is 259 g/mol. The number of aryl methyl sites for hydroxylation is 2. The first-order chi connectivity index (χ1) is 9.02. The Morgan fingerprint density at radius 3 is 2.89 bits per heavy atom. The fraction of sp³-hybridized carbons (Fsp3) is 0.462. The van der Waals surface area contributed by atoms with Crippen molar-refractivity contribution in [1.82, 2.24) is 0 Å². The summed E-state index contributed by atoms with van der Waals surface area (Å²) in [7, 11) is 0. The maximum atomic E-state index is 12.1. The molecule has 1 aliphatic rings. The lowest BCUT2D eigenvalue weighted by molar-refractivity contribution is -0.117. The van der Waals surface area contributed by atoms with Crippen LogP contribution in [0.25, 0.3) is 10.4 Å². The molecule has 2 rings (SSSR count). The van der Waals surface area contributed by atoms with Crippen molar-refractivity contribution in [2.75, 3.05) is 23.7 Å². The summed E-state index contributed by atoms with van der Waals surface area (Å²) in [6.45, 7) is 4.84. The van der Waals surface area contributed by atoms with Crippen LogP contribution in [0.15, 0.2) is 17.2 Å². The van der Waals surface area contributed by atoms with Crippen molar-refractivity contribution in [3.8, 4) is 0 Å². The highest BCUT2D eigenvalue weighted by molar-refractivity contribution is 5.99. The molecule has 1 saturated heterocycles. The van der Waals surface area contributed by atoms with Crippen molar-refractivity contribution in [1.29, 1.82) is 0 Å². The van der Waals surface area contributed by atoms with Crippen molar-refractivity contribution in [2.45, 2.75) is 20.3 Å². The second-order valence-electron chi connectivity index (χ2n) is 5.01. The molecule has 0 bridgehead atoms. The molecule has 6 nitrogen and oxygen atoms in total. The van der Waals surface area contributed by atoms with Gasteiger partial charge in [0.25, 0.3) is 0 Å². The number of anilines is 2. The van der Waals surface area contributed by atoms with Crippen molar-refractivity contribution >= 4 is 17.3 Å². The Labute approximate surface area is 111 Å². The summed E-state index contributed by atoms with van der Waals surface area (Å²) < 4.78 is 0. The van der Waals surface area contributed by atoms with Crippen molar-refractivity contribution in [3.63, 3.8) is 0 Å². The number of carbonyl (C=O) groups is 1. The minimum Gasteiger partial charge on any atom is -0.397 e. The van der Waals surface area contributed by atoms with E-state index in [1.807, 2.05) is 26.0 Å². The number of benzene rings is 1. The summed E-state index contributed by atoms with van der Waals surface area (Å²) in [6, 6.07) is 3.89. The molecule has 0 radical (unpaired) electrons. The zero-order valence-corrected chi connectivity index (χ0v) is 11.1. The molecule has 1 aromatic rings. The lowest BCUT2D eigenvalue weighted by Crippen LogP contribution is -2.26. The Bertz CT molecular complexity index is 539. The number of carbonyl (C=O) groups excluding carboxylic acids is 1. The maximum absolute atomic E-state index is 12.1. The van der Waals surface area contributed by atoms with Gasteiger partial charge >= 0.3 is 0 Å². The van der Waals surface area contributed by atoms with E-state index in [4.69, 9.17) is 11.3 Å². The summed E-state index contributed by atoms with van der Waals surface area (Å²) in [5.74, 6) is 0.111. The molecule has 6 heteroatoms. The van der Waals surface area contributed by atoms with Crippen LogP contribution in [0, 0.1) is 19.8 Å². The van der Waals surface area contributed by atoms with Crippen molar-refractivity contribution < 1.29 is 4.79 Å². The van der Waals surface area contributed by atoms with Crippen LogP contribution in [0.3, 0.4) is 0 Å². The summed E-state index contributed by atoms with van der Waals surface area (Å²) >= 11 is 0. The summed E-state index contributed by atoms with van der Waals surface area (Å²) in [4.78, 5) is 16.5. The van der Waals surface area contributed by atoms with Crippen LogP contribution in [0.2, 0.25) is 0 Å². The number of nitrogens with zero attached hydrogens (tertiary/aromatic N) is 4. The first-order valence-corrected chi connectivity index (χ1v) is 6.21. The number of nitrogens with two attached hydrogens (primary N) is 1. The maximum Gasteiger partial charge on any atom is 0.227 e. The molecule has 0 aliphatic carbocycles. The number of hydrogen-bond acceptors (Lipinski definition) is 3. The van der Waals surface area contributed by atoms with E-state index in [1.165, 1.54) is 0 Å². The molecule has 2 N–H and O–H groups in total. The third-order valence-corrected chi connectivity index (χ3v) is 3.35. The minimum absolute atomic E-state index is 0.0387. The van der Waals surface area contributed by atoms with E-state index in [0.29, 0.717) is 25.2 Å². The molecule has 0 spiro atoms. The Hall–Kier alpha value is -2.20. The van der Waals surface area contributed by atoms with Crippen molar-refractivity contribution in [2.24, 2.45) is 11.0 Å². The molecule has 1 aliphatic heterocycles. The Morgan fingerprint density at radius 1 is 1.53 bits per heavy atom. The topological polar surface area (TPSA) is 95.1 Å². The van der Waals surface area contributed by atoms with E-state index in [2.05, 4.69) is 10.0 Å². The van der Waals surface area contributed by atoms with Crippen LogP contribution in [0.5, 0.6) is 0 Å². The van der Waals surface area contributed by atoms with Gasteiger partial charge in [-0.15, -0.1) is 0 Å². The van der Waals surface area contributed by atoms with Gasteiger partial charge < -0.3 is 10.6 Å². The summed E-state index contributed by atoms with van der Waals surface area (Å²) in [5, 5.41) is 3.55. The average Bonchev–Trinajstić information content (AvgIpc) is 2.67. The number of amides is 1. The molecular weight excluding hydrogens is 242 g/mol. The smallest absolute Gasteiger partial charge is 0.227 e. The molecule has 19 heavy (non-hydrogen) atoms. The van der Waals surface area contributed by atoms with Gasteiger partial charge in [-0.05, 0) is 42.5 Å². The van der Waals surface area contributed by atoms with Gasteiger partial charge in [-0.2, -0.15) is 0 Å². The molecule has 0 aromatic heterocycles. The number of hydrogen-bond donors (Lipinski definition) is 1. The molecule has 0 saturated carbocycles. The van der Waals surface area contributed by atoms with Gasteiger partial charge in [0.15, 0.2) is 0 Å². The third-order valence-electron chi connectivity index (χ3n) is 3.35. The fourth-order valence-electron chi connectivity index (χ4n) is 2.63. The lowest BCUT2D eigenvalue weighted by Gasteiger charge is -2.21. The van der Waals surface area contributed by atoms with Gasteiger partial charge in [0.05, 0.1) is 11.4 Å². The second kappa shape index (κ2) is 5.20. The van der Waals surface area contributed by atoms with Crippen LogP contribution in [0.1, 0.15) is 17.5 Å². The van der Waals surface area contributed by atoms with E-state index in [-0.39, 0.29) is 11.8 Å². The van der Waals surface area contributed by atoms with E-state index in [0.717, 1.165) is 16.8 Å². The quantitative estimate of drug-likeness (QED) is 0.391. The summed E-state index contributed by atoms with van der Waals surface area (Å²) in [5.41, 5.74) is 17.9. The molecular formula is C13H17N5O. The van der Waals surface area contributed by atoms with Crippen LogP contribution in [0.4, 0.5) is 11.4 Å². The van der Waals surface area contributed by atoms with Gasteiger partial charge in [-0.1, -0.05) is 11.2 Å². The van der Waals surface area contributed by atoms with Crippen LogP contribution >= 0.6 is 0 Å². The number of azide groups is 1. The van der Waals surface area contributed by atoms with Gasteiger partial charge in [-0.3, -0.25) is 4.79 Å². The number of rotatable bonds is 3. The van der Waals surface area contributed by atoms with E-state index < -0.39 is 0 Å². The van der Waals surface area contributed by atoms with Crippen LogP contribution in [-0.2, 0) is 4.79 Å². The SMILES string of the molecule is Cc1cc(C)c(N2CC(CN=[N+]=[N-])CC2=O)c(N)c1. The largest absolute Gasteiger partial charge is 0.397 e. The number of nitrogen functional groups attached to an aromatic ring is 1. The summed E-state index contributed by atoms with van der Waals surface area (Å²) in [6.07, 6.45) is 0.409. The van der Waals surface area contributed by atoms with E-state index in [1.54, 1.807) is 4.90 Å². The predicted octanol–water partition coefficient (Wildman–Crippen LogP) is 2.55. The minimum atomic E-state index is 0.0387. The molecule has 1 amide bonds. The Kier molecular flexibility index (Phi) is 3.62. The third kappa shape index (κ3) is 2.63. The highest BCUT2D eigenvalue weighted by atomic mass is 16.2. The lowest BCUT2D eigenvalue weighted by atomic mass is 10.1. The van der Waals surface area contributed by atoms with Gasteiger partial charge in [0.2, 0.25) is 5.91 Å². The molecule has 1 aromatic carbocycles. The molecule has 1 atom stereocenters. The van der Waals surface area contributed by atoms with Gasteiger partial charge in [0.1, 0.15) is 0 Å². The van der Waals surface area contributed by atoms with Crippen molar-refractivity contribution in [3.05, 3.63) is 33.7 Å². The standard InChI is InChI=1S/C13H17N5O/c1-8-3-9(2)13(11(14)4-8)18-7-10(5-12(18)19)6-16-17-15/h3-4,10H,5-7,14H2,1-2H3. The van der Waals surface area contributed by atoms with E-state index in [9.17, 15) is 4.79 Å². The second-order valence-corrected chi connectivity index (χ2v) is 5.01.